The summed E-state index contributed by atoms with van der Waals surface area (Å²) in [6.07, 6.45) is 4.30. The minimum absolute atomic E-state index is 0. The second-order valence-corrected chi connectivity index (χ2v) is 4.68. The van der Waals surface area contributed by atoms with Crippen LogP contribution in [-0.4, -0.2) is 64.1 Å². The van der Waals surface area contributed by atoms with Gasteiger partial charge in [-0.3, -0.25) is 9.98 Å². The van der Waals surface area contributed by atoms with Crippen molar-refractivity contribution < 1.29 is 14.2 Å². The third kappa shape index (κ3) is 12.3. The molecule has 0 aliphatic rings. The van der Waals surface area contributed by atoms with E-state index in [1.165, 1.54) is 0 Å². The fraction of sp³-hybridized carbons (Fsp3) is 0.625. The van der Waals surface area contributed by atoms with Crippen molar-refractivity contribution in [3.8, 4) is 5.75 Å². The van der Waals surface area contributed by atoms with Gasteiger partial charge in [-0.25, -0.2) is 0 Å². The summed E-state index contributed by atoms with van der Waals surface area (Å²) in [5.74, 6) is 1.56. The Hall–Kier alpha value is -1.13. The Kier molecular flexibility index (Phi) is 15.9. The molecule has 0 spiro atoms. The van der Waals surface area contributed by atoms with Crippen LogP contribution in [0.15, 0.2) is 29.5 Å². The molecule has 0 atom stereocenters. The maximum Gasteiger partial charge on any atom is 0.191 e. The summed E-state index contributed by atoms with van der Waals surface area (Å²) in [4.78, 5) is 8.49. The highest BCUT2D eigenvalue weighted by molar-refractivity contribution is 14.0. The van der Waals surface area contributed by atoms with Crippen molar-refractivity contribution in [1.82, 2.24) is 15.6 Å². The Bertz CT molecular complexity index is 421. The molecular formula is C16H29IN4O3. The van der Waals surface area contributed by atoms with Crippen molar-refractivity contribution in [2.75, 3.05) is 53.2 Å². The smallest absolute Gasteiger partial charge is 0.191 e. The van der Waals surface area contributed by atoms with E-state index in [4.69, 9.17) is 14.2 Å². The van der Waals surface area contributed by atoms with Crippen molar-refractivity contribution in [1.29, 1.82) is 0 Å². The Morgan fingerprint density at radius 2 is 2.08 bits per heavy atom. The molecule has 0 fully saturated rings. The second kappa shape index (κ2) is 16.7. The molecule has 7 nitrogen and oxygen atoms in total. The minimum atomic E-state index is 0. The van der Waals surface area contributed by atoms with Crippen LogP contribution in [0.2, 0.25) is 0 Å². The van der Waals surface area contributed by atoms with Gasteiger partial charge in [0.05, 0.1) is 26.0 Å². The van der Waals surface area contributed by atoms with E-state index in [2.05, 4.69) is 20.6 Å². The van der Waals surface area contributed by atoms with Gasteiger partial charge in [0.1, 0.15) is 12.4 Å². The van der Waals surface area contributed by atoms with E-state index >= 15 is 0 Å². The molecule has 2 N–H and O–H groups in total. The Morgan fingerprint density at radius 3 is 2.79 bits per heavy atom. The first-order chi connectivity index (χ1) is 11.4. The van der Waals surface area contributed by atoms with Crippen LogP contribution in [0.4, 0.5) is 0 Å². The van der Waals surface area contributed by atoms with Crippen LogP contribution in [0, 0.1) is 0 Å². The van der Waals surface area contributed by atoms with E-state index in [1.54, 1.807) is 19.5 Å². The molecule has 0 aromatic carbocycles. The Morgan fingerprint density at radius 1 is 1.21 bits per heavy atom. The van der Waals surface area contributed by atoms with Crippen molar-refractivity contribution in [3.05, 3.63) is 24.5 Å². The van der Waals surface area contributed by atoms with Gasteiger partial charge in [-0.2, -0.15) is 0 Å². The van der Waals surface area contributed by atoms with Crippen molar-refractivity contribution in [2.24, 2.45) is 4.99 Å². The number of guanidine groups is 1. The highest BCUT2D eigenvalue weighted by atomic mass is 127. The molecular weight excluding hydrogens is 423 g/mol. The predicted molar refractivity (Wildman–Crippen MR) is 106 cm³/mol. The molecule has 138 valence electrons. The molecule has 1 rings (SSSR count). The monoisotopic (exact) mass is 452 g/mol. The van der Waals surface area contributed by atoms with E-state index in [0.29, 0.717) is 39.5 Å². The molecule has 0 amide bonds. The van der Waals surface area contributed by atoms with Crippen LogP contribution < -0.4 is 15.4 Å². The molecule has 0 aliphatic heterocycles. The summed E-state index contributed by atoms with van der Waals surface area (Å²) >= 11 is 0. The number of nitrogens with one attached hydrogen (secondary N) is 2. The zero-order valence-corrected chi connectivity index (χ0v) is 16.8. The van der Waals surface area contributed by atoms with E-state index in [9.17, 15) is 0 Å². The summed E-state index contributed by atoms with van der Waals surface area (Å²) in [6, 6.07) is 3.73. The molecule has 1 aromatic heterocycles. The third-order valence-electron chi connectivity index (χ3n) is 2.79. The van der Waals surface area contributed by atoms with Gasteiger partial charge in [0, 0.05) is 33.0 Å². The van der Waals surface area contributed by atoms with Crippen LogP contribution in [0.3, 0.4) is 0 Å². The highest BCUT2D eigenvalue weighted by Gasteiger charge is 1.97. The average molecular weight is 452 g/mol. The van der Waals surface area contributed by atoms with Crippen molar-refractivity contribution in [3.63, 3.8) is 0 Å². The number of ether oxygens (including phenoxy) is 3. The van der Waals surface area contributed by atoms with Crippen molar-refractivity contribution >= 4 is 29.9 Å². The number of nitrogens with zero attached hydrogens (tertiary/aromatic N) is 2. The molecule has 24 heavy (non-hydrogen) atoms. The van der Waals surface area contributed by atoms with Gasteiger partial charge < -0.3 is 24.8 Å². The molecule has 1 aromatic rings. The number of aromatic nitrogens is 1. The summed E-state index contributed by atoms with van der Waals surface area (Å²) in [7, 11) is 1.67. The van der Waals surface area contributed by atoms with E-state index in [-0.39, 0.29) is 24.0 Å². The number of pyridine rings is 1. The van der Waals surface area contributed by atoms with E-state index in [1.807, 2.05) is 19.1 Å². The number of hydrogen-bond acceptors (Lipinski definition) is 5. The Labute approximate surface area is 161 Å². The summed E-state index contributed by atoms with van der Waals surface area (Å²) in [6.45, 7) is 6.74. The number of rotatable bonds is 12. The zero-order valence-electron chi connectivity index (χ0n) is 14.5. The van der Waals surface area contributed by atoms with E-state index < -0.39 is 0 Å². The molecule has 0 aliphatic carbocycles. The van der Waals surface area contributed by atoms with Gasteiger partial charge in [-0.15, -0.1) is 24.0 Å². The van der Waals surface area contributed by atoms with Gasteiger partial charge in [0.25, 0.3) is 0 Å². The minimum Gasteiger partial charge on any atom is -0.490 e. The second-order valence-electron chi connectivity index (χ2n) is 4.68. The lowest BCUT2D eigenvalue weighted by molar-refractivity contribution is 0.0702. The van der Waals surface area contributed by atoms with Gasteiger partial charge in [0.2, 0.25) is 0 Å². The first-order valence-corrected chi connectivity index (χ1v) is 7.98. The lowest BCUT2D eigenvalue weighted by Crippen LogP contribution is -2.39. The van der Waals surface area contributed by atoms with Crippen LogP contribution in [-0.2, 0) is 9.47 Å². The van der Waals surface area contributed by atoms with Gasteiger partial charge >= 0.3 is 0 Å². The Balaban J connectivity index is 0.00000529. The first kappa shape index (κ1) is 22.9. The van der Waals surface area contributed by atoms with Crippen LogP contribution in [0.25, 0.3) is 0 Å². The van der Waals surface area contributed by atoms with Gasteiger partial charge in [0.15, 0.2) is 5.96 Å². The fourth-order valence-corrected chi connectivity index (χ4v) is 1.71. The molecule has 0 bridgehead atoms. The van der Waals surface area contributed by atoms with Gasteiger partial charge in [-0.1, -0.05) is 0 Å². The summed E-state index contributed by atoms with van der Waals surface area (Å²) in [5, 5.41) is 6.44. The van der Waals surface area contributed by atoms with E-state index in [0.717, 1.165) is 24.7 Å². The number of halogens is 1. The molecule has 0 saturated carbocycles. The number of hydrogen-bond donors (Lipinski definition) is 2. The number of methoxy groups -OCH3 is 1. The summed E-state index contributed by atoms with van der Waals surface area (Å²) in [5.41, 5.74) is 0. The van der Waals surface area contributed by atoms with Crippen LogP contribution >= 0.6 is 24.0 Å². The third-order valence-corrected chi connectivity index (χ3v) is 2.79. The largest absolute Gasteiger partial charge is 0.490 e. The quantitative estimate of drug-likeness (QED) is 0.218. The molecule has 0 unspecified atom stereocenters. The van der Waals surface area contributed by atoms with Crippen LogP contribution in [0.1, 0.15) is 13.3 Å². The topological polar surface area (TPSA) is 77.0 Å². The maximum absolute atomic E-state index is 5.58. The normalized spacial score (nSPS) is 10.8. The van der Waals surface area contributed by atoms with Crippen LogP contribution in [0.5, 0.6) is 5.75 Å². The molecule has 0 saturated heterocycles. The molecule has 1 heterocycles. The fourth-order valence-electron chi connectivity index (χ4n) is 1.71. The number of aliphatic imine (C=N–C) groups is 1. The SMILES string of the molecule is CCNC(=NCCCOCCOC)NCCOc1cccnc1.I. The predicted octanol–water partition coefficient (Wildman–Crippen LogP) is 1.69. The zero-order chi connectivity index (χ0) is 16.6. The van der Waals surface area contributed by atoms with Gasteiger partial charge in [-0.05, 0) is 25.5 Å². The maximum atomic E-state index is 5.58. The highest BCUT2D eigenvalue weighted by Crippen LogP contribution is 2.04. The lowest BCUT2D eigenvalue weighted by Gasteiger charge is -2.12. The first-order valence-electron chi connectivity index (χ1n) is 7.98. The average Bonchev–Trinajstić information content (AvgIpc) is 2.58. The molecule has 0 radical (unpaired) electrons. The standard InChI is InChI=1S/C16H28N4O3.HI/c1-3-18-16(19-8-5-10-22-13-12-21-2)20-9-11-23-15-6-4-7-17-14-15;/h4,6-7,14H,3,5,8-13H2,1-2H3,(H2,18,19,20);1H. The summed E-state index contributed by atoms with van der Waals surface area (Å²) < 4.78 is 15.9. The van der Waals surface area contributed by atoms with Crippen molar-refractivity contribution in [2.45, 2.75) is 13.3 Å². The lowest BCUT2D eigenvalue weighted by atomic mass is 10.4. The molecule has 8 heteroatoms.